The third kappa shape index (κ3) is 5.11. The molecule has 2 N–H and O–H groups in total. The van der Waals surface area contributed by atoms with Crippen molar-refractivity contribution in [3.05, 3.63) is 59.9 Å². The number of amides is 1. The predicted molar refractivity (Wildman–Crippen MR) is 115 cm³/mol. The SMILES string of the molecule is C[C@@H](CNC(=O)c1ccnc(-c2cnn3ccc(-c4cccs4)nc23)c1)NCC(F)(F)F. The topological polar surface area (TPSA) is 84.2 Å². The number of carbonyl (C=O) groups excluding carboxylic acids is 1. The average molecular weight is 460 g/mol. The van der Waals surface area contributed by atoms with Gasteiger partial charge in [0.15, 0.2) is 5.65 Å². The van der Waals surface area contributed by atoms with Crippen LogP contribution in [0, 0.1) is 0 Å². The molecule has 7 nitrogen and oxygen atoms in total. The number of nitrogens with zero attached hydrogens (tertiary/aromatic N) is 4. The van der Waals surface area contributed by atoms with Gasteiger partial charge in [0.2, 0.25) is 0 Å². The molecule has 0 radical (unpaired) electrons. The number of hydrogen-bond acceptors (Lipinski definition) is 6. The Bertz CT molecular complexity index is 1220. The summed E-state index contributed by atoms with van der Waals surface area (Å²) in [5, 5.41) is 11.3. The number of nitrogens with one attached hydrogen (secondary N) is 2. The average Bonchev–Trinajstić information content (AvgIpc) is 3.45. The molecule has 1 atom stereocenters. The molecular weight excluding hydrogens is 441 g/mol. The van der Waals surface area contributed by atoms with Gasteiger partial charge < -0.3 is 10.6 Å². The first-order valence-corrected chi connectivity index (χ1v) is 10.6. The minimum Gasteiger partial charge on any atom is -0.350 e. The Kier molecular flexibility index (Phi) is 6.19. The van der Waals surface area contributed by atoms with E-state index in [9.17, 15) is 18.0 Å². The molecule has 0 saturated heterocycles. The van der Waals surface area contributed by atoms with Crippen LogP contribution in [0.4, 0.5) is 13.2 Å². The van der Waals surface area contributed by atoms with E-state index in [1.54, 1.807) is 41.1 Å². The van der Waals surface area contributed by atoms with E-state index in [4.69, 9.17) is 4.98 Å². The Morgan fingerprint density at radius 2 is 2.09 bits per heavy atom. The molecular formula is C21H19F3N6OS. The molecule has 1 amide bonds. The van der Waals surface area contributed by atoms with E-state index in [1.165, 1.54) is 6.20 Å². The normalized spacial score (nSPS) is 12.8. The van der Waals surface area contributed by atoms with Crippen molar-refractivity contribution in [1.29, 1.82) is 0 Å². The summed E-state index contributed by atoms with van der Waals surface area (Å²) in [6.07, 6.45) is 0.646. The monoisotopic (exact) mass is 460 g/mol. The molecule has 0 saturated carbocycles. The van der Waals surface area contributed by atoms with E-state index in [0.29, 0.717) is 22.5 Å². The van der Waals surface area contributed by atoms with Gasteiger partial charge in [-0.1, -0.05) is 6.07 Å². The quantitative estimate of drug-likeness (QED) is 0.439. The first-order valence-electron chi connectivity index (χ1n) is 9.73. The Balaban J connectivity index is 1.51. The highest BCUT2D eigenvalue weighted by Gasteiger charge is 2.27. The van der Waals surface area contributed by atoms with E-state index >= 15 is 0 Å². The molecule has 0 aromatic carbocycles. The largest absolute Gasteiger partial charge is 0.401 e. The van der Waals surface area contributed by atoms with Crippen LogP contribution in [0.15, 0.2) is 54.3 Å². The maximum atomic E-state index is 12.5. The molecule has 0 spiro atoms. The van der Waals surface area contributed by atoms with Gasteiger partial charge in [0.05, 0.1) is 34.6 Å². The summed E-state index contributed by atoms with van der Waals surface area (Å²) in [4.78, 5) is 22.6. The molecule has 4 heterocycles. The second kappa shape index (κ2) is 9.05. The number of alkyl halides is 3. The molecule has 0 aliphatic carbocycles. The van der Waals surface area contributed by atoms with Crippen LogP contribution in [0.1, 0.15) is 17.3 Å². The van der Waals surface area contributed by atoms with Crippen LogP contribution >= 0.6 is 11.3 Å². The number of hydrogen-bond donors (Lipinski definition) is 2. The number of rotatable bonds is 7. The number of thiophene rings is 1. The maximum absolute atomic E-state index is 12.5. The van der Waals surface area contributed by atoms with Crippen molar-refractivity contribution in [2.75, 3.05) is 13.1 Å². The van der Waals surface area contributed by atoms with Crippen LogP contribution in [0.5, 0.6) is 0 Å². The first kappa shape index (κ1) is 21.9. The zero-order chi connectivity index (χ0) is 22.7. The van der Waals surface area contributed by atoms with Crippen LogP contribution in [0.3, 0.4) is 0 Å². The zero-order valence-electron chi connectivity index (χ0n) is 16.9. The van der Waals surface area contributed by atoms with Gasteiger partial charge in [0.1, 0.15) is 0 Å². The van der Waals surface area contributed by atoms with Gasteiger partial charge in [-0.3, -0.25) is 9.78 Å². The molecule has 0 aliphatic heterocycles. The standard InChI is InChI=1S/C21H19F3N6OS/c1-13(27-12-21(22,23)24)10-26-20(31)14-4-6-25-17(9-14)15-11-28-30-7-5-16(29-19(15)30)18-3-2-8-32-18/h2-9,11,13,27H,10,12H2,1H3,(H,26,31)/t13-/m0/s1. The summed E-state index contributed by atoms with van der Waals surface area (Å²) in [5.74, 6) is -0.405. The lowest BCUT2D eigenvalue weighted by Gasteiger charge is -2.16. The lowest BCUT2D eigenvalue weighted by atomic mass is 10.1. The van der Waals surface area contributed by atoms with Crippen molar-refractivity contribution in [3.63, 3.8) is 0 Å². The maximum Gasteiger partial charge on any atom is 0.401 e. The van der Waals surface area contributed by atoms with Gasteiger partial charge in [-0.25, -0.2) is 9.50 Å². The van der Waals surface area contributed by atoms with Gasteiger partial charge in [0, 0.05) is 30.5 Å². The van der Waals surface area contributed by atoms with Crippen molar-refractivity contribution in [2.24, 2.45) is 0 Å². The van der Waals surface area contributed by atoms with Gasteiger partial charge in [-0.2, -0.15) is 18.3 Å². The number of halogens is 3. The summed E-state index contributed by atoms with van der Waals surface area (Å²) in [6, 6.07) is 8.42. The van der Waals surface area contributed by atoms with Crippen LogP contribution in [0.25, 0.3) is 27.5 Å². The lowest BCUT2D eigenvalue weighted by Crippen LogP contribution is -2.42. The Morgan fingerprint density at radius 3 is 2.84 bits per heavy atom. The van der Waals surface area contributed by atoms with Crippen LogP contribution in [-0.4, -0.2) is 50.8 Å². The van der Waals surface area contributed by atoms with Crippen LogP contribution in [-0.2, 0) is 0 Å². The molecule has 0 fully saturated rings. The van der Waals surface area contributed by atoms with Crippen molar-refractivity contribution in [1.82, 2.24) is 30.2 Å². The van der Waals surface area contributed by atoms with E-state index in [-0.39, 0.29) is 6.54 Å². The molecule has 4 aromatic heterocycles. The molecule has 11 heteroatoms. The molecule has 166 valence electrons. The van der Waals surface area contributed by atoms with Gasteiger partial charge in [0.25, 0.3) is 5.91 Å². The predicted octanol–water partition coefficient (Wildman–Crippen LogP) is 3.79. The first-order chi connectivity index (χ1) is 15.3. The third-order valence-corrected chi connectivity index (χ3v) is 5.55. The highest BCUT2D eigenvalue weighted by Crippen LogP contribution is 2.27. The number of carbonyl (C=O) groups is 1. The van der Waals surface area contributed by atoms with Gasteiger partial charge >= 0.3 is 6.18 Å². The highest BCUT2D eigenvalue weighted by molar-refractivity contribution is 7.13. The molecule has 4 aromatic rings. The fraction of sp³-hybridized carbons (Fsp3) is 0.238. The Hall–Kier alpha value is -3.31. The summed E-state index contributed by atoms with van der Waals surface area (Å²) < 4.78 is 38.6. The van der Waals surface area contributed by atoms with Gasteiger partial charge in [-0.05, 0) is 36.6 Å². The van der Waals surface area contributed by atoms with E-state index in [0.717, 1.165) is 10.6 Å². The molecule has 0 aliphatic rings. The minimum absolute atomic E-state index is 0.0506. The summed E-state index contributed by atoms with van der Waals surface area (Å²) in [7, 11) is 0. The molecule has 4 rings (SSSR count). The second-order valence-electron chi connectivity index (χ2n) is 7.15. The third-order valence-electron chi connectivity index (χ3n) is 4.66. The molecule has 0 bridgehead atoms. The lowest BCUT2D eigenvalue weighted by molar-refractivity contribution is -0.125. The number of aromatic nitrogens is 4. The fourth-order valence-electron chi connectivity index (χ4n) is 3.04. The van der Waals surface area contributed by atoms with Crippen molar-refractivity contribution in [3.8, 4) is 21.8 Å². The highest BCUT2D eigenvalue weighted by atomic mass is 32.1. The van der Waals surface area contributed by atoms with Crippen LogP contribution < -0.4 is 10.6 Å². The summed E-state index contributed by atoms with van der Waals surface area (Å²) in [6.45, 7) is 0.507. The summed E-state index contributed by atoms with van der Waals surface area (Å²) in [5.41, 5.74) is 2.94. The molecule has 32 heavy (non-hydrogen) atoms. The summed E-state index contributed by atoms with van der Waals surface area (Å²) >= 11 is 1.58. The minimum atomic E-state index is -4.30. The number of fused-ring (bicyclic) bond motifs is 1. The zero-order valence-corrected chi connectivity index (χ0v) is 17.7. The van der Waals surface area contributed by atoms with E-state index in [1.807, 2.05) is 29.8 Å². The second-order valence-corrected chi connectivity index (χ2v) is 8.10. The van der Waals surface area contributed by atoms with Crippen LogP contribution in [0.2, 0.25) is 0 Å². The fourth-order valence-corrected chi connectivity index (χ4v) is 3.74. The Labute approximate surface area is 185 Å². The van der Waals surface area contributed by atoms with Crippen molar-refractivity contribution >= 4 is 22.9 Å². The molecule has 0 unspecified atom stereocenters. The van der Waals surface area contributed by atoms with Gasteiger partial charge in [-0.15, -0.1) is 11.3 Å². The van der Waals surface area contributed by atoms with E-state index < -0.39 is 24.7 Å². The van der Waals surface area contributed by atoms with E-state index in [2.05, 4.69) is 20.7 Å². The van der Waals surface area contributed by atoms with Crippen molar-refractivity contribution in [2.45, 2.75) is 19.1 Å². The van der Waals surface area contributed by atoms with Crippen molar-refractivity contribution < 1.29 is 18.0 Å². The smallest absolute Gasteiger partial charge is 0.350 e. The Morgan fingerprint density at radius 1 is 1.25 bits per heavy atom. The number of pyridine rings is 1.